The summed E-state index contributed by atoms with van der Waals surface area (Å²) in [6.45, 7) is 4.39. The van der Waals surface area contributed by atoms with E-state index < -0.39 is 11.6 Å². The van der Waals surface area contributed by atoms with E-state index in [2.05, 4.69) is 32.0 Å². The molecule has 1 aliphatic heterocycles. The maximum atomic E-state index is 13.6. The van der Waals surface area contributed by atoms with E-state index in [0.29, 0.717) is 17.8 Å². The fraction of sp³-hybridized carbons (Fsp3) is 0.350. The van der Waals surface area contributed by atoms with Crippen LogP contribution in [0.1, 0.15) is 36.0 Å². The SMILES string of the molecule is CCCc1ncc2c(n1)CCN(Cc1cn[nH]c1-c1cc(F)cc(F)c1)C2. The van der Waals surface area contributed by atoms with Crippen LogP contribution >= 0.6 is 0 Å². The number of halogens is 2. The second kappa shape index (κ2) is 7.52. The lowest BCUT2D eigenvalue weighted by Crippen LogP contribution is -2.31. The van der Waals surface area contributed by atoms with Crippen LogP contribution in [0.5, 0.6) is 0 Å². The molecule has 0 fully saturated rings. The third-order valence-corrected chi connectivity index (χ3v) is 4.80. The second-order valence-electron chi connectivity index (χ2n) is 6.90. The quantitative estimate of drug-likeness (QED) is 0.746. The first-order valence-electron chi connectivity index (χ1n) is 9.17. The minimum atomic E-state index is -0.600. The van der Waals surface area contributed by atoms with Crippen LogP contribution in [0, 0.1) is 11.6 Å². The van der Waals surface area contributed by atoms with Gasteiger partial charge >= 0.3 is 0 Å². The van der Waals surface area contributed by atoms with Gasteiger partial charge in [0, 0.05) is 67.1 Å². The average Bonchev–Trinajstić information content (AvgIpc) is 3.09. The van der Waals surface area contributed by atoms with Crippen molar-refractivity contribution < 1.29 is 8.78 Å². The highest BCUT2D eigenvalue weighted by molar-refractivity contribution is 5.62. The maximum Gasteiger partial charge on any atom is 0.128 e. The molecule has 0 bridgehead atoms. The third kappa shape index (κ3) is 3.88. The molecule has 0 aliphatic carbocycles. The normalized spacial score (nSPS) is 14.3. The topological polar surface area (TPSA) is 57.7 Å². The van der Waals surface area contributed by atoms with E-state index in [4.69, 9.17) is 0 Å². The summed E-state index contributed by atoms with van der Waals surface area (Å²) in [6.07, 6.45) is 6.46. The Hall–Kier alpha value is -2.67. The van der Waals surface area contributed by atoms with Crippen LogP contribution < -0.4 is 0 Å². The van der Waals surface area contributed by atoms with Crippen LogP contribution in [-0.2, 0) is 25.9 Å². The molecule has 0 amide bonds. The molecule has 0 spiro atoms. The minimum absolute atomic E-state index is 0.463. The van der Waals surface area contributed by atoms with Crippen LogP contribution in [0.25, 0.3) is 11.3 Å². The Balaban J connectivity index is 1.52. The van der Waals surface area contributed by atoms with Gasteiger partial charge in [0.1, 0.15) is 17.5 Å². The first-order chi connectivity index (χ1) is 13.1. The Morgan fingerprint density at radius 3 is 2.74 bits per heavy atom. The second-order valence-corrected chi connectivity index (χ2v) is 6.90. The molecule has 7 heteroatoms. The van der Waals surface area contributed by atoms with E-state index in [0.717, 1.165) is 61.1 Å². The first kappa shape index (κ1) is 17.7. The molecular weight excluding hydrogens is 348 g/mol. The number of H-pyrrole nitrogens is 1. The molecular formula is C20H21F2N5. The average molecular weight is 369 g/mol. The lowest BCUT2D eigenvalue weighted by molar-refractivity contribution is 0.243. The van der Waals surface area contributed by atoms with Crippen molar-refractivity contribution in [2.24, 2.45) is 0 Å². The van der Waals surface area contributed by atoms with Crippen LogP contribution in [0.15, 0.2) is 30.6 Å². The van der Waals surface area contributed by atoms with Gasteiger partial charge in [-0.1, -0.05) is 6.92 Å². The van der Waals surface area contributed by atoms with Crippen molar-refractivity contribution in [1.29, 1.82) is 0 Å². The van der Waals surface area contributed by atoms with Gasteiger partial charge in [0.25, 0.3) is 0 Å². The number of nitrogens with one attached hydrogen (secondary N) is 1. The molecule has 0 atom stereocenters. The Labute approximate surface area is 156 Å². The maximum absolute atomic E-state index is 13.6. The molecule has 27 heavy (non-hydrogen) atoms. The van der Waals surface area contributed by atoms with Crippen molar-refractivity contribution in [3.8, 4) is 11.3 Å². The molecule has 3 heterocycles. The van der Waals surface area contributed by atoms with Gasteiger partial charge in [-0.2, -0.15) is 5.10 Å². The summed E-state index contributed by atoms with van der Waals surface area (Å²) in [7, 11) is 0. The Kier molecular flexibility index (Phi) is 4.94. The summed E-state index contributed by atoms with van der Waals surface area (Å²) >= 11 is 0. The number of benzene rings is 1. The number of aromatic nitrogens is 4. The van der Waals surface area contributed by atoms with Gasteiger partial charge in [-0.15, -0.1) is 0 Å². The molecule has 4 rings (SSSR count). The van der Waals surface area contributed by atoms with E-state index in [1.165, 1.54) is 12.1 Å². The van der Waals surface area contributed by atoms with Gasteiger partial charge < -0.3 is 0 Å². The van der Waals surface area contributed by atoms with Crippen molar-refractivity contribution in [1.82, 2.24) is 25.1 Å². The van der Waals surface area contributed by atoms with Crippen LogP contribution in [0.2, 0.25) is 0 Å². The van der Waals surface area contributed by atoms with Gasteiger partial charge in [-0.25, -0.2) is 18.7 Å². The number of aryl methyl sites for hydroxylation is 1. The zero-order chi connectivity index (χ0) is 18.8. The van der Waals surface area contributed by atoms with Crippen LogP contribution in [0.4, 0.5) is 8.78 Å². The summed E-state index contributed by atoms with van der Waals surface area (Å²) in [5.41, 5.74) is 4.29. The van der Waals surface area contributed by atoms with Crippen molar-refractivity contribution in [3.05, 3.63) is 64.9 Å². The number of rotatable bonds is 5. The summed E-state index contributed by atoms with van der Waals surface area (Å²) in [6, 6.07) is 3.50. The number of fused-ring (bicyclic) bond motifs is 1. The summed E-state index contributed by atoms with van der Waals surface area (Å²) in [4.78, 5) is 11.4. The molecule has 0 radical (unpaired) electrons. The first-order valence-corrected chi connectivity index (χ1v) is 9.17. The lowest BCUT2D eigenvalue weighted by atomic mass is 10.0. The monoisotopic (exact) mass is 369 g/mol. The predicted octanol–water partition coefficient (Wildman–Crippen LogP) is 3.66. The van der Waals surface area contributed by atoms with Gasteiger partial charge in [0.2, 0.25) is 0 Å². The molecule has 1 N–H and O–H groups in total. The van der Waals surface area contributed by atoms with E-state index >= 15 is 0 Å². The molecule has 1 aliphatic rings. The van der Waals surface area contributed by atoms with Crippen molar-refractivity contribution in [3.63, 3.8) is 0 Å². The number of hydrogen-bond donors (Lipinski definition) is 1. The zero-order valence-electron chi connectivity index (χ0n) is 15.2. The molecule has 0 saturated heterocycles. The molecule has 5 nitrogen and oxygen atoms in total. The highest BCUT2D eigenvalue weighted by atomic mass is 19.1. The van der Waals surface area contributed by atoms with Gasteiger partial charge in [-0.05, 0) is 18.6 Å². The van der Waals surface area contributed by atoms with Crippen LogP contribution in [0.3, 0.4) is 0 Å². The largest absolute Gasteiger partial charge is 0.294 e. The van der Waals surface area contributed by atoms with E-state index in [1.54, 1.807) is 6.20 Å². The highest BCUT2D eigenvalue weighted by Gasteiger charge is 2.20. The third-order valence-electron chi connectivity index (χ3n) is 4.80. The van der Waals surface area contributed by atoms with Gasteiger partial charge in [-0.3, -0.25) is 10.00 Å². The van der Waals surface area contributed by atoms with Crippen molar-refractivity contribution >= 4 is 0 Å². The van der Waals surface area contributed by atoms with Crippen molar-refractivity contribution in [2.45, 2.75) is 39.3 Å². The lowest BCUT2D eigenvalue weighted by Gasteiger charge is -2.28. The standard InChI is InChI=1S/C20H21F2N5/c1-2-3-19-23-9-14-11-27(5-4-18(14)25-19)12-15-10-24-26-20(15)13-6-16(21)8-17(22)7-13/h6-10H,2-5,11-12H2,1H3,(H,24,26). The number of nitrogens with zero attached hydrogens (tertiary/aromatic N) is 4. The molecule has 0 unspecified atom stereocenters. The summed E-state index contributed by atoms with van der Waals surface area (Å²) in [5.74, 6) is -0.287. The number of hydrogen-bond acceptors (Lipinski definition) is 4. The predicted molar refractivity (Wildman–Crippen MR) is 97.8 cm³/mol. The smallest absolute Gasteiger partial charge is 0.128 e. The Morgan fingerprint density at radius 2 is 1.96 bits per heavy atom. The molecule has 140 valence electrons. The zero-order valence-corrected chi connectivity index (χ0v) is 15.2. The fourth-order valence-corrected chi connectivity index (χ4v) is 3.51. The molecule has 3 aromatic rings. The van der Waals surface area contributed by atoms with Crippen molar-refractivity contribution in [2.75, 3.05) is 6.54 Å². The molecule has 0 saturated carbocycles. The van der Waals surface area contributed by atoms with Gasteiger partial charge in [0.05, 0.1) is 11.9 Å². The number of aromatic amines is 1. The minimum Gasteiger partial charge on any atom is -0.294 e. The van der Waals surface area contributed by atoms with E-state index in [-0.39, 0.29) is 0 Å². The molecule has 2 aromatic heterocycles. The summed E-state index contributed by atoms with van der Waals surface area (Å²) < 4.78 is 27.1. The fourth-order valence-electron chi connectivity index (χ4n) is 3.51. The molecule has 1 aromatic carbocycles. The van der Waals surface area contributed by atoms with Gasteiger partial charge in [0.15, 0.2) is 0 Å². The van der Waals surface area contributed by atoms with E-state index in [1.807, 2.05) is 6.20 Å². The Bertz CT molecular complexity index is 933. The summed E-state index contributed by atoms with van der Waals surface area (Å²) in [5, 5.41) is 6.95. The van der Waals surface area contributed by atoms with Crippen LogP contribution in [-0.4, -0.2) is 31.6 Å². The van der Waals surface area contributed by atoms with E-state index in [9.17, 15) is 8.78 Å². The Morgan fingerprint density at radius 1 is 1.15 bits per heavy atom. The highest BCUT2D eigenvalue weighted by Crippen LogP contribution is 2.26.